The van der Waals surface area contributed by atoms with E-state index in [2.05, 4.69) is 62.3 Å². The molecule has 5 aliphatic carbocycles. The topological polar surface area (TPSA) is 0 Å². The number of hydrogen-bond acceptors (Lipinski definition) is 0. The van der Waals surface area contributed by atoms with Gasteiger partial charge in [-0.05, 0) is 56.7 Å². The van der Waals surface area contributed by atoms with Crippen LogP contribution in [-0.4, -0.2) is 0 Å². The van der Waals surface area contributed by atoms with Crippen molar-refractivity contribution in [2.45, 2.75) is 68.7 Å². The summed E-state index contributed by atoms with van der Waals surface area (Å²) in [4.78, 5) is 0. The van der Waals surface area contributed by atoms with Crippen LogP contribution in [0, 0.1) is 50.2 Å². The van der Waals surface area contributed by atoms with Crippen LogP contribution in [-0.2, 0) is 0 Å². The van der Waals surface area contributed by atoms with Crippen LogP contribution >= 0.6 is 0 Å². The Balaban J connectivity index is 2.15. The Labute approximate surface area is 119 Å². The third-order valence-corrected chi connectivity index (χ3v) is 11.8. The largest absolute Gasteiger partial charge is 0.0614 e. The standard InChI is InChI=1S/C19H32/c1-11-14(4)10-15(5)17(11,7)19(9)13(3)16(14,6)12(2)18(15,19)8/h11-13H,10H2,1-9H3. The summed E-state index contributed by atoms with van der Waals surface area (Å²) in [6.45, 7) is 23.7. The van der Waals surface area contributed by atoms with Crippen molar-refractivity contribution in [3.05, 3.63) is 0 Å². The molecule has 0 spiro atoms. The third-order valence-electron chi connectivity index (χ3n) is 11.8. The van der Waals surface area contributed by atoms with E-state index in [1.165, 1.54) is 6.42 Å². The van der Waals surface area contributed by atoms with E-state index in [1.807, 2.05) is 0 Å². The molecule has 9 unspecified atom stereocenters. The van der Waals surface area contributed by atoms with Crippen LogP contribution in [0.25, 0.3) is 0 Å². The normalized spacial score (nSPS) is 80.4. The van der Waals surface area contributed by atoms with Gasteiger partial charge in [0.25, 0.3) is 0 Å². The summed E-state index contributed by atoms with van der Waals surface area (Å²) < 4.78 is 0. The summed E-state index contributed by atoms with van der Waals surface area (Å²) in [5.41, 5.74) is 3.28. The molecule has 5 fully saturated rings. The van der Waals surface area contributed by atoms with Crippen LogP contribution in [0.4, 0.5) is 0 Å². The van der Waals surface area contributed by atoms with Gasteiger partial charge in [-0.1, -0.05) is 62.3 Å². The quantitative estimate of drug-likeness (QED) is 0.549. The molecule has 0 N–H and O–H groups in total. The monoisotopic (exact) mass is 260 g/mol. The molecule has 0 saturated heterocycles. The first-order valence-corrected chi connectivity index (χ1v) is 8.42. The summed E-state index contributed by atoms with van der Waals surface area (Å²) in [5.74, 6) is 2.60. The van der Waals surface area contributed by atoms with E-state index in [1.54, 1.807) is 0 Å². The van der Waals surface area contributed by atoms with E-state index in [0.717, 1.165) is 17.8 Å². The Morgan fingerprint density at radius 2 is 1.05 bits per heavy atom. The van der Waals surface area contributed by atoms with Crippen LogP contribution in [0.1, 0.15) is 68.7 Å². The molecule has 0 aliphatic heterocycles. The molecular formula is C19H32. The van der Waals surface area contributed by atoms with Crippen molar-refractivity contribution >= 4 is 0 Å². The predicted octanol–water partition coefficient (Wildman–Crippen LogP) is 5.38. The molecule has 108 valence electrons. The van der Waals surface area contributed by atoms with Gasteiger partial charge in [0.2, 0.25) is 0 Å². The van der Waals surface area contributed by atoms with Crippen molar-refractivity contribution in [1.82, 2.24) is 0 Å². The maximum Gasteiger partial charge on any atom is -0.0171 e. The zero-order chi connectivity index (χ0) is 14.4. The van der Waals surface area contributed by atoms with Crippen molar-refractivity contribution in [3.63, 3.8) is 0 Å². The van der Waals surface area contributed by atoms with E-state index >= 15 is 0 Å². The van der Waals surface area contributed by atoms with Crippen LogP contribution in [0.3, 0.4) is 0 Å². The second-order valence-corrected chi connectivity index (χ2v) is 9.98. The molecule has 0 aromatic carbocycles. The lowest BCUT2D eigenvalue weighted by atomic mass is 9.25. The minimum atomic E-state index is 0.533. The minimum Gasteiger partial charge on any atom is -0.0614 e. The molecule has 5 aliphatic rings. The predicted molar refractivity (Wildman–Crippen MR) is 80.8 cm³/mol. The van der Waals surface area contributed by atoms with Crippen molar-refractivity contribution in [2.75, 3.05) is 0 Å². The van der Waals surface area contributed by atoms with Gasteiger partial charge in [0.1, 0.15) is 0 Å². The molecule has 9 atom stereocenters. The molecule has 6 bridgehead atoms. The summed E-state index contributed by atoms with van der Waals surface area (Å²) in [6.07, 6.45) is 1.47. The van der Waals surface area contributed by atoms with Crippen LogP contribution in [0.5, 0.6) is 0 Å². The Morgan fingerprint density at radius 1 is 0.632 bits per heavy atom. The smallest absolute Gasteiger partial charge is 0.0171 e. The molecule has 0 amide bonds. The molecule has 5 saturated carbocycles. The maximum absolute atomic E-state index is 2.66. The van der Waals surface area contributed by atoms with Crippen molar-refractivity contribution in [2.24, 2.45) is 50.2 Å². The van der Waals surface area contributed by atoms with Crippen LogP contribution in [0.15, 0.2) is 0 Å². The number of hydrogen-bond donors (Lipinski definition) is 0. The van der Waals surface area contributed by atoms with E-state index in [0.29, 0.717) is 32.5 Å². The average molecular weight is 260 g/mol. The molecule has 0 aromatic rings. The van der Waals surface area contributed by atoms with Gasteiger partial charge in [-0.15, -0.1) is 0 Å². The lowest BCUT2D eigenvalue weighted by Crippen LogP contribution is -2.75. The summed E-state index contributed by atoms with van der Waals surface area (Å²) in [7, 11) is 0. The fraction of sp³-hybridized carbons (Fsp3) is 1.00. The van der Waals surface area contributed by atoms with Gasteiger partial charge in [0.15, 0.2) is 0 Å². The van der Waals surface area contributed by atoms with E-state index in [9.17, 15) is 0 Å². The summed E-state index contributed by atoms with van der Waals surface area (Å²) in [5, 5.41) is 0. The Hall–Kier alpha value is 0. The lowest BCUT2D eigenvalue weighted by molar-refractivity contribution is -0.322. The van der Waals surface area contributed by atoms with Crippen molar-refractivity contribution in [1.29, 1.82) is 0 Å². The highest BCUT2D eigenvalue weighted by atomic mass is 15.0. The molecular weight excluding hydrogens is 228 g/mol. The zero-order valence-corrected chi connectivity index (χ0v) is 14.4. The summed E-state index contributed by atoms with van der Waals surface area (Å²) >= 11 is 0. The molecule has 0 nitrogen and oxygen atoms in total. The van der Waals surface area contributed by atoms with Gasteiger partial charge in [-0.3, -0.25) is 0 Å². The SMILES string of the molecule is CC1C2(C)CC3(C)C1(C)C1(C)C(C)C2(C)C(C)C31C. The highest BCUT2D eigenvalue weighted by Gasteiger charge is 2.98. The fourth-order valence-corrected chi connectivity index (χ4v) is 10.0. The molecule has 0 heteroatoms. The average Bonchev–Trinajstić information content (AvgIpc) is 2.53. The highest BCUT2D eigenvalue weighted by molar-refractivity contribution is 5.44. The fourth-order valence-electron chi connectivity index (χ4n) is 10.0. The van der Waals surface area contributed by atoms with Gasteiger partial charge >= 0.3 is 0 Å². The first kappa shape index (κ1) is 12.7. The van der Waals surface area contributed by atoms with Crippen LogP contribution in [0.2, 0.25) is 0 Å². The molecule has 0 radical (unpaired) electrons. The van der Waals surface area contributed by atoms with Crippen LogP contribution < -0.4 is 0 Å². The van der Waals surface area contributed by atoms with Crippen molar-refractivity contribution < 1.29 is 0 Å². The Bertz CT molecular complexity index is 470. The first-order chi connectivity index (χ1) is 8.42. The first-order valence-electron chi connectivity index (χ1n) is 8.42. The second-order valence-electron chi connectivity index (χ2n) is 9.98. The molecule has 0 aromatic heterocycles. The zero-order valence-electron chi connectivity index (χ0n) is 14.4. The Kier molecular flexibility index (Phi) is 1.65. The Morgan fingerprint density at radius 3 is 1.58 bits per heavy atom. The maximum atomic E-state index is 2.66. The van der Waals surface area contributed by atoms with E-state index in [4.69, 9.17) is 0 Å². The second kappa shape index (κ2) is 2.46. The van der Waals surface area contributed by atoms with Gasteiger partial charge in [-0.2, -0.15) is 0 Å². The lowest BCUT2D eigenvalue weighted by Gasteiger charge is -2.79. The third kappa shape index (κ3) is 0.609. The molecule has 0 heterocycles. The van der Waals surface area contributed by atoms with Gasteiger partial charge in [0, 0.05) is 0 Å². The van der Waals surface area contributed by atoms with Gasteiger partial charge < -0.3 is 0 Å². The molecule has 5 rings (SSSR count). The number of rotatable bonds is 0. The van der Waals surface area contributed by atoms with Gasteiger partial charge in [0.05, 0.1) is 0 Å². The minimum absolute atomic E-state index is 0.533. The molecule has 19 heavy (non-hydrogen) atoms. The van der Waals surface area contributed by atoms with E-state index in [-0.39, 0.29) is 0 Å². The van der Waals surface area contributed by atoms with E-state index < -0.39 is 0 Å². The summed E-state index contributed by atoms with van der Waals surface area (Å²) in [6, 6.07) is 0. The highest BCUT2D eigenvalue weighted by Crippen LogP contribution is 3.02. The van der Waals surface area contributed by atoms with Crippen molar-refractivity contribution in [3.8, 4) is 0 Å². The van der Waals surface area contributed by atoms with Gasteiger partial charge in [-0.25, -0.2) is 0 Å².